The first-order valence-electron chi connectivity index (χ1n) is 6.77. The van der Waals surface area contributed by atoms with Crippen molar-refractivity contribution < 1.29 is 4.39 Å². The minimum absolute atomic E-state index is 0.217. The Morgan fingerprint density at radius 2 is 2.11 bits per heavy atom. The smallest absolute Gasteiger partial charge is 0.123 e. The molecule has 0 amide bonds. The topological polar surface area (TPSA) is 29.9 Å². The number of piperidine rings is 1. The number of rotatable bonds is 2. The van der Waals surface area contributed by atoms with Crippen molar-refractivity contribution in [1.82, 2.24) is 15.1 Å². The number of halogens is 1. The fraction of sp³-hybridized carbons (Fsp3) is 0.400. The van der Waals surface area contributed by atoms with Gasteiger partial charge < -0.3 is 5.32 Å². The lowest BCUT2D eigenvalue weighted by Crippen LogP contribution is -2.28. The highest BCUT2D eigenvalue weighted by molar-refractivity contribution is 5.36. The van der Waals surface area contributed by atoms with Crippen molar-refractivity contribution >= 4 is 0 Å². The Balaban J connectivity index is 1.91. The van der Waals surface area contributed by atoms with E-state index < -0.39 is 0 Å². The molecule has 1 saturated heterocycles. The van der Waals surface area contributed by atoms with E-state index in [0.29, 0.717) is 5.92 Å². The SMILES string of the molecule is Cc1c(C2CCCNC2)cnn1-c1ccc(F)cc1. The zero-order valence-electron chi connectivity index (χ0n) is 11.1. The number of benzene rings is 1. The van der Waals surface area contributed by atoms with Crippen LogP contribution in [0.3, 0.4) is 0 Å². The minimum Gasteiger partial charge on any atom is -0.316 e. The van der Waals surface area contributed by atoms with Gasteiger partial charge in [-0.15, -0.1) is 0 Å². The Bertz CT molecular complexity index is 553. The van der Waals surface area contributed by atoms with Crippen LogP contribution in [0.25, 0.3) is 5.69 Å². The minimum atomic E-state index is -0.217. The molecule has 1 N–H and O–H groups in total. The molecule has 1 atom stereocenters. The fourth-order valence-electron chi connectivity index (χ4n) is 2.78. The van der Waals surface area contributed by atoms with Gasteiger partial charge in [0.25, 0.3) is 0 Å². The second-order valence-electron chi connectivity index (χ2n) is 5.12. The molecular weight excluding hydrogens is 241 g/mol. The summed E-state index contributed by atoms with van der Waals surface area (Å²) in [6.45, 7) is 4.22. The molecule has 0 spiro atoms. The molecule has 1 fully saturated rings. The first-order chi connectivity index (χ1) is 9.25. The van der Waals surface area contributed by atoms with Crippen LogP contribution in [0.1, 0.15) is 30.0 Å². The summed E-state index contributed by atoms with van der Waals surface area (Å²) in [5, 5.41) is 7.89. The number of aromatic nitrogens is 2. The maximum absolute atomic E-state index is 13.0. The highest BCUT2D eigenvalue weighted by Gasteiger charge is 2.20. The summed E-state index contributed by atoms with van der Waals surface area (Å²) >= 11 is 0. The van der Waals surface area contributed by atoms with Gasteiger partial charge in [0.2, 0.25) is 0 Å². The molecule has 0 saturated carbocycles. The van der Waals surface area contributed by atoms with Crippen LogP contribution in [0.5, 0.6) is 0 Å². The van der Waals surface area contributed by atoms with E-state index in [1.54, 1.807) is 12.1 Å². The quantitative estimate of drug-likeness (QED) is 0.898. The summed E-state index contributed by atoms with van der Waals surface area (Å²) in [4.78, 5) is 0. The standard InChI is InChI=1S/C15H18FN3/c1-11-15(12-3-2-8-17-9-12)10-18-19(11)14-6-4-13(16)5-7-14/h4-7,10,12,17H,2-3,8-9H2,1H3. The molecular formula is C15H18FN3. The summed E-state index contributed by atoms with van der Waals surface area (Å²) < 4.78 is 14.9. The van der Waals surface area contributed by atoms with Crippen LogP contribution in [0.4, 0.5) is 4.39 Å². The maximum atomic E-state index is 13.0. The summed E-state index contributed by atoms with van der Waals surface area (Å²) in [7, 11) is 0. The average Bonchev–Trinajstić information content (AvgIpc) is 2.83. The van der Waals surface area contributed by atoms with E-state index in [-0.39, 0.29) is 5.82 Å². The first-order valence-corrected chi connectivity index (χ1v) is 6.77. The lowest BCUT2D eigenvalue weighted by molar-refractivity contribution is 0.460. The molecule has 0 aliphatic carbocycles. The van der Waals surface area contributed by atoms with Crippen LogP contribution >= 0.6 is 0 Å². The fourth-order valence-corrected chi connectivity index (χ4v) is 2.78. The summed E-state index contributed by atoms with van der Waals surface area (Å²) in [6, 6.07) is 6.47. The maximum Gasteiger partial charge on any atom is 0.123 e. The van der Waals surface area contributed by atoms with Crippen LogP contribution in [0.2, 0.25) is 0 Å². The van der Waals surface area contributed by atoms with Gasteiger partial charge in [0.1, 0.15) is 5.82 Å². The zero-order valence-corrected chi connectivity index (χ0v) is 11.1. The molecule has 19 heavy (non-hydrogen) atoms. The third-order valence-electron chi connectivity index (χ3n) is 3.86. The van der Waals surface area contributed by atoms with Crippen molar-refractivity contribution in [1.29, 1.82) is 0 Å². The van der Waals surface area contributed by atoms with Gasteiger partial charge >= 0.3 is 0 Å². The molecule has 1 aliphatic rings. The first kappa shape index (κ1) is 12.4. The van der Waals surface area contributed by atoms with Crippen LogP contribution in [0, 0.1) is 12.7 Å². The molecule has 0 bridgehead atoms. The molecule has 2 heterocycles. The lowest BCUT2D eigenvalue weighted by atomic mass is 9.92. The van der Waals surface area contributed by atoms with E-state index in [9.17, 15) is 4.39 Å². The van der Waals surface area contributed by atoms with Gasteiger partial charge in [0, 0.05) is 12.2 Å². The Hall–Kier alpha value is -1.68. The van der Waals surface area contributed by atoms with Crippen LogP contribution in [0.15, 0.2) is 30.5 Å². The lowest BCUT2D eigenvalue weighted by Gasteiger charge is -2.22. The predicted molar refractivity (Wildman–Crippen MR) is 73.1 cm³/mol. The van der Waals surface area contributed by atoms with Crippen LogP contribution in [-0.4, -0.2) is 22.9 Å². The van der Waals surface area contributed by atoms with E-state index in [0.717, 1.165) is 24.5 Å². The highest BCUT2D eigenvalue weighted by Crippen LogP contribution is 2.27. The van der Waals surface area contributed by atoms with Crippen LogP contribution < -0.4 is 5.32 Å². The molecule has 0 radical (unpaired) electrons. The van der Waals surface area contributed by atoms with Gasteiger partial charge in [-0.25, -0.2) is 9.07 Å². The molecule has 3 rings (SSSR count). The Morgan fingerprint density at radius 3 is 2.79 bits per heavy atom. The van der Waals surface area contributed by atoms with E-state index in [4.69, 9.17) is 0 Å². The molecule has 1 aromatic carbocycles. The predicted octanol–water partition coefficient (Wildman–Crippen LogP) is 2.79. The van der Waals surface area contributed by atoms with E-state index in [1.807, 2.05) is 10.9 Å². The van der Waals surface area contributed by atoms with Gasteiger partial charge in [0.15, 0.2) is 0 Å². The average molecular weight is 259 g/mol. The largest absolute Gasteiger partial charge is 0.316 e. The number of hydrogen-bond acceptors (Lipinski definition) is 2. The van der Waals surface area contributed by atoms with Crippen LogP contribution in [-0.2, 0) is 0 Å². The van der Waals surface area contributed by atoms with Crippen molar-refractivity contribution in [2.75, 3.05) is 13.1 Å². The second kappa shape index (κ2) is 5.13. The molecule has 1 aliphatic heterocycles. The van der Waals surface area contributed by atoms with Gasteiger partial charge in [-0.1, -0.05) is 0 Å². The Kier molecular flexibility index (Phi) is 3.34. The summed E-state index contributed by atoms with van der Waals surface area (Å²) in [6.07, 6.45) is 4.38. The third-order valence-corrected chi connectivity index (χ3v) is 3.86. The van der Waals surface area contributed by atoms with Crippen molar-refractivity contribution in [2.45, 2.75) is 25.7 Å². The Labute approximate surface area is 112 Å². The normalized spacial score (nSPS) is 19.6. The van der Waals surface area contributed by atoms with Gasteiger partial charge in [-0.3, -0.25) is 0 Å². The van der Waals surface area contributed by atoms with Crippen molar-refractivity contribution in [2.24, 2.45) is 0 Å². The molecule has 4 heteroatoms. The van der Waals surface area contributed by atoms with Gasteiger partial charge in [0.05, 0.1) is 11.9 Å². The van der Waals surface area contributed by atoms with Crippen molar-refractivity contribution in [3.8, 4) is 5.69 Å². The molecule has 1 unspecified atom stereocenters. The monoisotopic (exact) mass is 259 g/mol. The number of nitrogens with zero attached hydrogens (tertiary/aromatic N) is 2. The molecule has 100 valence electrons. The summed E-state index contributed by atoms with van der Waals surface area (Å²) in [5.74, 6) is 0.327. The van der Waals surface area contributed by atoms with Crippen molar-refractivity contribution in [3.05, 3.63) is 47.5 Å². The molecule has 1 aromatic heterocycles. The van der Waals surface area contributed by atoms with Gasteiger partial charge in [-0.2, -0.15) is 5.10 Å². The second-order valence-corrected chi connectivity index (χ2v) is 5.12. The summed E-state index contributed by atoms with van der Waals surface area (Å²) in [5.41, 5.74) is 3.37. The number of hydrogen-bond donors (Lipinski definition) is 1. The molecule has 2 aromatic rings. The number of nitrogens with one attached hydrogen (secondary N) is 1. The van der Waals surface area contributed by atoms with Crippen molar-refractivity contribution in [3.63, 3.8) is 0 Å². The van der Waals surface area contributed by atoms with E-state index in [2.05, 4.69) is 17.3 Å². The highest BCUT2D eigenvalue weighted by atomic mass is 19.1. The Morgan fingerprint density at radius 1 is 1.32 bits per heavy atom. The van der Waals surface area contributed by atoms with E-state index >= 15 is 0 Å². The third kappa shape index (κ3) is 2.40. The zero-order chi connectivity index (χ0) is 13.2. The van der Waals surface area contributed by atoms with Gasteiger partial charge in [-0.05, 0) is 62.1 Å². The molecule has 3 nitrogen and oxygen atoms in total. The van der Waals surface area contributed by atoms with E-state index in [1.165, 1.54) is 30.5 Å².